The molecule has 0 bridgehead atoms. The molecule has 0 spiro atoms. The molecule has 13 heavy (non-hydrogen) atoms. The Morgan fingerprint density at radius 2 is 1.77 bits per heavy atom. The van der Waals surface area contributed by atoms with E-state index in [1.807, 2.05) is 0 Å². The van der Waals surface area contributed by atoms with Gasteiger partial charge in [0, 0.05) is 0 Å². The fraction of sp³-hybridized carbons (Fsp3) is 0.125. The molecule has 5 heteroatoms. The number of oxime groups is 1. The van der Waals surface area contributed by atoms with Gasteiger partial charge < -0.3 is 15.3 Å². The molecule has 0 aliphatic rings. The van der Waals surface area contributed by atoms with Gasteiger partial charge in [0.25, 0.3) is 0 Å². The molecule has 0 atom stereocenters. The second-order valence-electron chi connectivity index (χ2n) is 2.68. The third-order valence-corrected chi connectivity index (χ3v) is 1.78. The molecule has 0 radical (unpaired) electrons. The molecule has 0 fully saturated rings. The van der Waals surface area contributed by atoms with Crippen molar-refractivity contribution in [2.45, 2.75) is 6.92 Å². The quantitative estimate of drug-likeness (QED) is 0.249. The lowest BCUT2D eigenvalue weighted by molar-refractivity contribution is 0.319. The van der Waals surface area contributed by atoms with Crippen LogP contribution in [0, 0.1) is 0 Å². The van der Waals surface area contributed by atoms with Gasteiger partial charge in [-0.2, -0.15) is 0 Å². The van der Waals surface area contributed by atoms with Crippen LogP contribution in [0.2, 0.25) is 0 Å². The van der Waals surface area contributed by atoms with Crippen molar-refractivity contribution in [1.29, 1.82) is 0 Å². The second kappa shape index (κ2) is 4.07. The first-order valence-corrected chi connectivity index (χ1v) is 3.80. The van der Waals surface area contributed by atoms with Crippen LogP contribution in [0.1, 0.15) is 12.5 Å². The molecule has 0 amide bonds. The van der Waals surface area contributed by atoms with Gasteiger partial charge in [0.05, 0.1) is 5.71 Å². The number of benzene rings is 1. The molecular weight excluding hydrogens is 169 g/mol. The number of rotatable bonds is 2. The highest BCUT2D eigenvalue weighted by Gasteiger charge is 2.09. The smallest absolute Gasteiger partial charge is 0.423 e. The van der Waals surface area contributed by atoms with E-state index in [1.54, 1.807) is 31.2 Å². The van der Waals surface area contributed by atoms with Crippen LogP contribution in [-0.4, -0.2) is 28.1 Å². The number of hydrogen-bond donors (Lipinski definition) is 3. The fourth-order valence-electron chi connectivity index (χ4n) is 0.954. The first-order valence-electron chi connectivity index (χ1n) is 3.80. The van der Waals surface area contributed by atoms with Gasteiger partial charge in [-0.3, -0.25) is 0 Å². The lowest BCUT2D eigenvalue weighted by Gasteiger charge is -2.01. The highest BCUT2D eigenvalue weighted by Crippen LogP contribution is 1.99. The summed E-state index contributed by atoms with van der Waals surface area (Å²) < 4.78 is 0. The van der Waals surface area contributed by atoms with E-state index in [-0.39, 0.29) is 0 Å². The Bertz CT molecular complexity index is 308. The Kier molecular flexibility index (Phi) is 3.05. The molecule has 0 aliphatic heterocycles. The monoisotopic (exact) mass is 179 g/mol. The van der Waals surface area contributed by atoms with Crippen molar-refractivity contribution < 1.29 is 15.3 Å². The molecule has 3 N–H and O–H groups in total. The highest BCUT2D eigenvalue weighted by atomic mass is 16.4. The van der Waals surface area contributed by atoms with Crippen molar-refractivity contribution in [3.8, 4) is 0 Å². The van der Waals surface area contributed by atoms with Gasteiger partial charge in [0.15, 0.2) is 0 Å². The van der Waals surface area contributed by atoms with Gasteiger partial charge in [0.2, 0.25) is 0 Å². The summed E-state index contributed by atoms with van der Waals surface area (Å²) in [5, 5.41) is 29.1. The standard InChI is InChI=1S/C8H10BNO3/c1-6(10-13)7-2-4-8(5-3-7)9(11)12/h2-5,11-13H,1H3/b10-6-. The fourth-order valence-corrected chi connectivity index (χ4v) is 0.954. The van der Waals surface area contributed by atoms with Crippen molar-refractivity contribution in [2.24, 2.45) is 5.16 Å². The second-order valence-corrected chi connectivity index (χ2v) is 2.68. The van der Waals surface area contributed by atoms with E-state index in [0.717, 1.165) is 5.56 Å². The summed E-state index contributed by atoms with van der Waals surface area (Å²) in [5.41, 5.74) is 1.64. The first kappa shape index (κ1) is 9.76. The predicted octanol–water partition coefficient (Wildman–Crippen LogP) is -0.435. The minimum absolute atomic E-state index is 0.412. The maximum atomic E-state index is 8.79. The van der Waals surface area contributed by atoms with Gasteiger partial charge in [-0.15, -0.1) is 0 Å². The van der Waals surface area contributed by atoms with Crippen LogP contribution in [0.25, 0.3) is 0 Å². The van der Waals surface area contributed by atoms with Crippen molar-refractivity contribution in [3.63, 3.8) is 0 Å². The Hall–Kier alpha value is -1.33. The molecule has 0 aromatic heterocycles. The molecule has 0 saturated carbocycles. The molecule has 0 heterocycles. The minimum atomic E-state index is -1.46. The molecule has 0 unspecified atom stereocenters. The molecule has 4 nitrogen and oxygen atoms in total. The summed E-state index contributed by atoms with van der Waals surface area (Å²) in [6, 6.07) is 6.44. The van der Waals surface area contributed by atoms with Gasteiger partial charge in [-0.05, 0) is 17.9 Å². The zero-order valence-electron chi connectivity index (χ0n) is 7.18. The molecular formula is C8H10BNO3. The molecule has 68 valence electrons. The molecule has 1 aromatic carbocycles. The summed E-state index contributed by atoms with van der Waals surface area (Å²) in [5.74, 6) is 0. The normalized spacial score (nSPS) is 11.5. The SMILES string of the molecule is C/C(=N/O)c1ccc(B(O)O)cc1. The summed E-state index contributed by atoms with van der Waals surface area (Å²) in [6.07, 6.45) is 0. The van der Waals surface area contributed by atoms with Crippen LogP contribution < -0.4 is 5.46 Å². The maximum Gasteiger partial charge on any atom is 0.488 e. The van der Waals surface area contributed by atoms with E-state index < -0.39 is 7.12 Å². The predicted molar refractivity (Wildman–Crippen MR) is 50.3 cm³/mol. The summed E-state index contributed by atoms with van der Waals surface area (Å²) in [6.45, 7) is 1.66. The van der Waals surface area contributed by atoms with E-state index in [2.05, 4.69) is 5.16 Å². The Morgan fingerprint density at radius 3 is 2.15 bits per heavy atom. The van der Waals surface area contributed by atoms with Gasteiger partial charge >= 0.3 is 7.12 Å². The summed E-state index contributed by atoms with van der Waals surface area (Å²) >= 11 is 0. The van der Waals surface area contributed by atoms with Crippen LogP contribution in [0.5, 0.6) is 0 Å². The highest BCUT2D eigenvalue weighted by molar-refractivity contribution is 6.58. The van der Waals surface area contributed by atoms with Crippen molar-refractivity contribution in [3.05, 3.63) is 29.8 Å². The van der Waals surface area contributed by atoms with Gasteiger partial charge in [0.1, 0.15) is 0 Å². The van der Waals surface area contributed by atoms with E-state index >= 15 is 0 Å². The molecule has 0 aliphatic carbocycles. The van der Waals surface area contributed by atoms with Crippen LogP contribution >= 0.6 is 0 Å². The van der Waals surface area contributed by atoms with E-state index in [9.17, 15) is 0 Å². The lowest BCUT2D eigenvalue weighted by Crippen LogP contribution is -2.29. The van der Waals surface area contributed by atoms with Gasteiger partial charge in [-0.25, -0.2) is 0 Å². The third-order valence-electron chi connectivity index (χ3n) is 1.78. The number of nitrogens with zero attached hydrogens (tertiary/aromatic N) is 1. The number of hydrogen-bond acceptors (Lipinski definition) is 4. The topological polar surface area (TPSA) is 73.1 Å². The van der Waals surface area contributed by atoms with Crippen molar-refractivity contribution >= 4 is 18.3 Å². The Morgan fingerprint density at radius 1 is 1.23 bits per heavy atom. The van der Waals surface area contributed by atoms with E-state index in [0.29, 0.717) is 11.2 Å². The molecule has 1 rings (SSSR count). The van der Waals surface area contributed by atoms with Gasteiger partial charge in [-0.1, -0.05) is 29.4 Å². The van der Waals surface area contributed by atoms with Crippen molar-refractivity contribution in [1.82, 2.24) is 0 Å². The van der Waals surface area contributed by atoms with Crippen LogP contribution in [0.15, 0.2) is 29.4 Å². The zero-order chi connectivity index (χ0) is 9.84. The van der Waals surface area contributed by atoms with Crippen LogP contribution in [0.4, 0.5) is 0 Å². The van der Waals surface area contributed by atoms with Crippen molar-refractivity contribution in [2.75, 3.05) is 0 Å². The molecule has 1 aromatic rings. The Labute approximate surface area is 76.3 Å². The zero-order valence-corrected chi connectivity index (χ0v) is 7.18. The first-order chi connectivity index (χ1) is 6.15. The maximum absolute atomic E-state index is 8.79. The van der Waals surface area contributed by atoms with Crippen LogP contribution in [0.3, 0.4) is 0 Å². The average Bonchev–Trinajstić information content (AvgIpc) is 2.17. The largest absolute Gasteiger partial charge is 0.488 e. The van der Waals surface area contributed by atoms with E-state index in [1.165, 1.54) is 0 Å². The van der Waals surface area contributed by atoms with Crippen LogP contribution in [-0.2, 0) is 0 Å². The average molecular weight is 179 g/mol. The third kappa shape index (κ3) is 2.30. The molecule has 0 saturated heterocycles. The minimum Gasteiger partial charge on any atom is -0.423 e. The summed E-state index contributed by atoms with van der Waals surface area (Å²) in [4.78, 5) is 0. The Balaban J connectivity index is 2.94. The lowest BCUT2D eigenvalue weighted by atomic mass is 9.80. The van der Waals surface area contributed by atoms with E-state index in [4.69, 9.17) is 15.3 Å². The summed E-state index contributed by atoms with van der Waals surface area (Å²) in [7, 11) is -1.46.